The van der Waals surface area contributed by atoms with E-state index in [2.05, 4.69) is 10.6 Å². The summed E-state index contributed by atoms with van der Waals surface area (Å²) < 4.78 is 0. The third-order valence-corrected chi connectivity index (χ3v) is 4.54. The molecule has 0 radical (unpaired) electrons. The van der Waals surface area contributed by atoms with Gasteiger partial charge in [-0.1, -0.05) is 24.3 Å². The number of rotatable bonds is 5. The number of amides is 4. The molecule has 1 fully saturated rings. The molecule has 4 rings (SSSR count). The molecule has 1 aliphatic carbocycles. The Morgan fingerprint density at radius 1 is 0.926 bits per heavy atom. The van der Waals surface area contributed by atoms with Gasteiger partial charge >= 0.3 is 0 Å². The maximum atomic E-state index is 12.4. The number of nitrogens with one attached hydrogen (secondary N) is 2. The maximum absolute atomic E-state index is 12.4. The molecule has 2 N–H and O–H groups in total. The summed E-state index contributed by atoms with van der Waals surface area (Å²) in [5.74, 6) is -1.79. The van der Waals surface area contributed by atoms with Gasteiger partial charge in [-0.15, -0.1) is 0 Å². The van der Waals surface area contributed by atoms with Gasteiger partial charge in [-0.25, -0.2) is 0 Å². The molecule has 27 heavy (non-hydrogen) atoms. The molecule has 2 aromatic carbocycles. The van der Waals surface area contributed by atoms with E-state index >= 15 is 0 Å². The zero-order valence-corrected chi connectivity index (χ0v) is 14.4. The van der Waals surface area contributed by atoms with Crippen molar-refractivity contribution < 1.29 is 19.2 Å². The van der Waals surface area contributed by atoms with E-state index in [0.29, 0.717) is 22.4 Å². The summed E-state index contributed by atoms with van der Waals surface area (Å²) in [4.78, 5) is 50.4. The van der Waals surface area contributed by atoms with Crippen LogP contribution in [-0.2, 0) is 4.79 Å². The third kappa shape index (κ3) is 3.31. The molecule has 1 aliphatic heterocycles. The molecular formula is C20H17N3O4. The van der Waals surface area contributed by atoms with Crippen molar-refractivity contribution in [3.63, 3.8) is 0 Å². The normalized spacial score (nSPS) is 15.5. The van der Waals surface area contributed by atoms with Crippen molar-refractivity contribution in [2.45, 2.75) is 18.9 Å². The fraction of sp³-hybridized carbons (Fsp3) is 0.200. The summed E-state index contributed by atoms with van der Waals surface area (Å²) in [6, 6.07) is 13.3. The van der Waals surface area contributed by atoms with Crippen molar-refractivity contribution in [3.05, 3.63) is 65.2 Å². The van der Waals surface area contributed by atoms with E-state index in [1.165, 1.54) is 0 Å². The highest BCUT2D eigenvalue weighted by molar-refractivity contribution is 6.22. The highest BCUT2D eigenvalue weighted by atomic mass is 16.2. The van der Waals surface area contributed by atoms with E-state index in [1.807, 2.05) is 0 Å². The Kier molecular flexibility index (Phi) is 4.19. The second-order valence-corrected chi connectivity index (χ2v) is 6.58. The fourth-order valence-electron chi connectivity index (χ4n) is 3.00. The molecule has 136 valence electrons. The molecule has 0 unspecified atom stereocenters. The summed E-state index contributed by atoms with van der Waals surface area (Å²) in [6.07, 6.45) is 1.92. The Morgan fingerprint density at radius 2 is 1.52 bits per heavy atom. The largest absolute Gasteiger partial charge is 0.349 e. The van der Waals surface area contributed by atoms with Crippen LogP contribution in [0.1, 0.15) is 43.9 Å². The van der Waals surface area contributed by atoms with E-state index in [-0.39, 0.29) is 11.9 Å². The number of hydrogen-bond acceptors (Lipinski definition) is 4. The van der Waals surface area contributed by atoms with Crippen LogP contribution in [0.25, 0.3) is 0 Å². The number of imide groups is 1. The van der Waals surface area contributed by atoms with Crippen LogP contribution >= 0.6 is 0 Å². The summed E-state index contributed by atoms with van der Waals surface area (Å²) >= 11 is 0. The molecular weight excluding hydrogens is 346 g/mol. The standard InChI is InChI=1S/C20H17N3O4/c24-17(11-23-19(26)13-5-1-2-6-14(13)20(23)27)22-16-8-4-3-7-15(16)18(25)21-12-9-10-12/h1-8,12H,9-11H2,(H,21,25)(H,22,24). The van der Waals surface area contributed by atoms with Crippen LogP contribution in [0.3, 0.4) is 0 Å². The van der Waals surface area contributed by atoms with Gasteiger partial charge in [-0.3, -0.25) is 24.1 Å². The van der Waals surface area contributed by atoms with Gasteiger partial charge in [0.2, 0.25) is 5.91 Å². The monoisotopic (exact) mass is 363 g/mol. The van der Waals surface area contributed by atoms with Crippen LogP contribution in [-0.4, -0.2) is 41.1 Å². The third-order valence-electron chi connectivity index (χ3n) is 4.54. The molecule has 1 heterocycles. The van der Waals surface area contributed by atoms with E-state index in [0.717, 1.165) is 17.7 Å². The number of nitrogens with zero attached hydrogens (tertiary/aromatic N) is 1. The maximum Gasteiger partial charge on any atom is 0.262 e. The van der Waals surface area contributed by atoms with Crippen molar-refractivity contribution in [1.29, 1.82) is 0 Å². The lowest BCUT2D eigenvalue weighted by atomic mass is 10.1. The second kappa shape index (κ2) is 6.68. The van der Waals surface area contributed by atoms with E-state index in [1.54, 1.807) is 48.5 Å². The van der Waals surface area contributed by atoms with Crippen LogP contribution in [0.15, 0.2) is 48.5 Å². The lowest BCUT2D eigenvalue weighted by Crippen LogP contribution is -2.37. The minimum atomic E-state index is -0.545. The highest BCUT2D eigenvalue weighted by Crippen LogP contribution is 2.23. The van der Waals surface area contributed by atoms with Crippen LogP contribution in [0, 0.1) is 0 Å². The Hall–Kier alpha value is -3.48. The molecule has 0 bridgehead atoms. The molecule has 4 amide bonds. The lowest BCUT2D eigenvalue weighted by Gasteiger charge is -2.15. The Balaban J connectivity index is 1.47. The van der Waals surface area contributed by atoms with Gasteiger partial charge < -0.3 is 10.6 Å². The van der Waals surface area contributed by atoms with Gasteiger partial charge in [0.05, 0.1) is 22.4 Å². The fourth-order valence-corrected chi connectivity index (χ4v) is 3.00. The number of carbonyl (C=O) groups is 4. The predicted molar refractivity (Wildman–Crippen MR) is 97.4 cm³/mol. The zero-order chi connectivity index (χ0) is 19.0. The van der Waals surface area contributed by atoms with Gasteiger partial charge in [0.15, 0.2) is 0 Å². The number of anilines is 1. The average molecular weight is 363 g/mol. The molecule has 0 saturated heterocycles. The smallest absolute Gasteiger partial charge is 0.262 e. The van der Waals surface area contributed by atoms with Crippen LogP contribution < -0.4 is 10.6 Å². The lowest BCUT2D eigenvalue weighted by molar-refractivity contribution is -0.116. The zero-order valence-electron chi connectivity index (χ0n) is 14.4. The van der Waals surface area contributed by atoms with E-state index in [4.69, 9.17) is 0 Å². The van der Waals surface area contributed by atoms with Gasteiger partial charge in [0, 0.05) is 6.04 Å². The first-order valence-electron chi connectivity index (χ1n) is 8.69. The Labute approximate surface area is 155 Å². The number of fused-ring (bicyclic) bond motifs is 1. The Morgan fingerprint density at radius 3 is 2.15 bits per heavy atom. The number of hydrogen-bond donors (Lipinski definition) is 2. The number of carbonyl (C=O) groups excluding carboxylic acids is 4. The van der Waals surface area contributed by atoms with Gasteiger partial charge in [-0.2, -0.15) is 0 Å². The van der Waals surface area contributed by atoms with Gasteiger partial charge in [-0.05, 0) is 37.1 Å². The number of benzene rings is 2. The molecule has 0 aromatic heterocycles. The van der Waals surface area contributed by atoms with Gasteiger partial charge in [0.25, 0.3) is 17.7 Å². The predicted octanol–water partition coefficient (Wildman–Crippen LogP) is 1.81. The minimum Gasteiger partial charge on any atom is -0.349 e. The summed E-state index contributed by atoms with van der Waals surface area (Å²) in [5, 5.41) is 5.51. The molecule has 0 spiro atoms. The highest BCUT2D eigenvalue weighted by Gasteiger charge is 2.36. The molecule has 1 saturated carbocycles. The van der Waals surface area contributed by atoms with Crippen LogP contribution in [0.2, 0.25) is 0 Å². The van der Waals surface area contributed by atoms with Crippen LogP contribution in [0.4, 0.5) is 5.69 Å². The average Bonchev–Trinajstić information content (AvgIpc) is 3.45. The molecule has 2 aliphatic rings. The summed E-state index contributed by atoms with van der Waals surface area (Å²) in [6.45, 7) is -0.412. The molecule has 0 atom stereocenters. The minimum absolute atomic E-state index is 0.194. The summed E-state index contributed by atoms with van der Waals surface area (Å²) in [5.41, 5.74) is 1.27. The summed E-state index contributed by atoms with van der Waals surface area (Å²) in [7, 11) is 0. The van der Waals surface area contributed by atoms with Gasteiger partial charge in [0.1, 0.15) is 6.54 Å². The molecule has 7 nitrogen and oxygen atoms in total. The van der Waals surface area contributed by atoms with E-state index < -0.39 is 24.3 Å². The topological polar surface area (TPSA) is 95.6 Å². The first-order chi connectivity index (χ1) is 13.0. The Bertz CT molecular complexity index is 930. The van der Waals surface area contributed by atoms with Crippen LogP contribution in [0.5, 0.6) is 0 Å². The first kappa shape index (κ1) is 17.0. The van der Waals surface area contributed by atoms with Crippen molar-refractivity contribution in [2.75, 3.05) is 11.9 Å². The molecule has 7 heteroatoms. The molecule has 2 aromatic rings. The van der Waals surface area contributed by atoms with E-state index in [9.17, 15) is 19.2 Å². The van der Waals surface area contributed by atoms with Crippen molar-refractivity contribution in [1.82, 2.24) is 10.2 Å². The van der Waals surface area contributed by atoms with Crippen molar-refractivity contribution in [2.24, 2.45) is 0 Å². The first-order valence-corrected chi connectivity index (χ1v) is 8.69. The second-order valence-electron chi connectivity index (χ2n) is 6.58. The van der Waals surface area contributed by atoms with Crippen molar-refractivity contribution in [3.8, 4) is 0 Å². The SMILES string of the molecule is O=C(CN1C(=O)c2ccccc2C1=O)Nc1ccccc1C(=O)NC1CC1. The van der Waals surface area contributed by atoms with Crippen molar-refractivity contribution >= 4 is 29.3 Å². The quantitative estimate of drug-likeness (QED) is 0.792. The number of para-hydroxylation sites is 1.